The second-order valence-electron chi connectivity index (χ2n) is 1.28. The van der Waals surface area contributed by atoms with Gasteiger partial charge in [0.25, 0.3) is 0 Å². The molecule has 0 aliphatic heterocycles. The molecule has 0 aromatic rings. The normalized spacial score (nSPS) is 7.27. The summed E-state index contributed by atoms with van der Waals surface area (Å²) in [5.41, 5.74) is 0. The van der Waals surface area contributed by atoms with Crippen LogP contribution in [-0.2, 0) is 54.3 Å². The minimum absolute atomic E-state index is 0. The van der Waals surface area contributed by atoms with Gasteiger partial charge in [-0.15, -0.1) is 11.8 Å². The van der Waals surface area contributed by atoms with Crippen LogP contribution in [-0.4, -0.2) is 33.7 Å². The van der Waals surface area contributed by atoms with Gasteiger partial charge in [0.05, 0.1) is 11.5 Å². The Hall–Kier alpha value is 0.771. The molecule has 0 saturated carbocycles. The molecule has 0 heterocycles. The number of rotatable bonds is 4. The fourth-order valence-electron chi connectivity index (χ4n) is 0.226. The van der Waals surface area contributed by atoms with Crippen LogP contribution in [0.3, 0.4) is 0 Å². The Morgan fingerprint density at radius 3 is 1.45 bits per heavy atom. The van der Waals surface area contributed by atoms with E-state index in [9.17, 15) is 9.59 Å². The molecule has 0 rings (SSSR count). The molecule has 2 radical (unpaired) electrons. The minimum Gasteiger partial charge on any atom is -0.481 e. The van der Waals surface area contributed by atoms with Crippen molar-refractivity contribution in [2.24, 2.45) is 0 Å². The van der Waals surface area contributed by atoms with Crippen LogP contribution in [0.2, 0.25) is 0 Å². The van der Waals surface area contributed by atoms with E-state index in [0.29, 0.717) is 0 Å². The van der Waals surface area contributed by atoms with E-state index in [0.717, 1.165) is 11.8 Å². The molecule has 0 bridgehead atoms. The Morgan fingerprint density at radius 1 is 1.00 bits per heavy atom. The van der Waals surface area contributed by atoms with Gasteiger partial charge in [-0.3, -0.25) is 9.59 Å². The predicted octanol–water partition coefficient (Wildman–Crippen LogP) is -0.116. The smallest absolute Gasteiger partial charge is 0.313 e. The van der Waals surface area contributed by atoms with Gasteiger partial charge >= 0.3 is 11.9 Å². The number of carboxylic acids is 2. The molecule has 0 unspecified atom stereocenters. The van der Waals surface area contributed by atoms with E-state index in [-0.39, 0.29) is 56.3 Å². The van der Waals surface area contributed by atoms with Crippen LogP contribution in [0.5, 0.6) is 0 Å². The summed E-state index contributed by atoms with van der Waals surface area (Å²) in [4.78, 5) is 19.5. The number of aliphatic carboxylic acids is 2. The number of hydrogen-bond donors (Lipinski definition) is 2. The maximum atomic E-state index is 9.77. The van der Waals surface area contributed by atoms with E-state index in [1.54, 1.807) is 0 Å². The second-order valence-corrected chi connectivity index (χ2v) is 2.27. The van der Waals surface area contributed by atoms with Gasteiger partial charge in [0.1, 0.15) is 0 Å². The van der Waals surface area contributed by atoms with Crippen LogP contribution < -0.4 is 0 Å². The largest absolute Gasteiger partial charge is 0.481 e. The Morgan fingerprint density at radius 2 is 1.27 bits per heavy atom. The van der Waals surface area contributed by atoms with Gasteiger partial charge in [0.15, 0.2) is 0 Å². The average Bonchev–Trinajstić information content (AvgIpc) is 1.63. The molecule has 2 N–H and O–H groups in total. The van der Waals surface area contributed by atoms with Gasteiger partial charge in [-0.25, -0.2) is 0 Å². The average molecular weight is 366 g/mol. The quantitative estimate of drug-likeness (QED) is 0.680. The van der Waals surface area contributed by atoms with Crippen LogP contribution in [0, 0.1) is 0 Å². The Labute approximate surface area is 99.1 Å². The summed E-state index contributed by atoms with van der Waals surface area (Å²) < 4.78 is 0. The zero-order valence-corrected chi connectivity index (χ0v) is 8.92. The molecule has 0 aliphatic carbocycles. The van der Waals surface area contributed by atoms with Crippen LogP contribution >= 0.6 is 11.8 Å². The van der Waals surface area contributed by atoms with E-state index in [4.69, 9.17) is 10.2 Å². The molecule has 11 heavy (non-hydrogen) atoms. The standard InChI is InChI=1S/C4H6O4S.2Ag/c5-3(6)1-9-2-4(7)8;;/h1-2H2,(H,5,6)(H,7,8);;. The van der Waals surface area contributed by atoms with Crippen molar-refractivity contribution in [2.75, 3.05) is 11.5 Å². The third-order valence-corrected chi connectivity index (χ3v) is 1.35. The molecule has 4 nitrogen and oxygen atoms in total. The monoisotopic (exact) mass is 364 g/mol. The van der Waals surface area contributed by atoms with Crippen molar-refractivity contribution in [3.05, 3.63) is 0 Å². The number of carboxylic acid groups (broad SMARTS) is 2. The molecule has 0 aromatic heterocycles. The first-order valence-corrected chi connectivity index (χ1v) is 3.29. The third-order valence-electron chi connectivity index (χ3n) is 0.451. The first-order valence-electron chi connectivity index (χ1n) is 2.14. The molecule has 0 saturated heterocycles. The van der Waals surface area contributed by atoms with Gasteiger partial charge in [-0.05, 0) is 0 Å². The molecule has 0 spiro atoms. The fourth-order valence-corrected chi connectivity index (χ4v) is 0.677. The van der Waals surface area contributed by atoms with Crippen molar-refractivity contribution in [1.82, 2.24) is 0 Å². The maximum absolute atomic E-state index is 9.77. The van der Waals surface area contributed by atoms with Crippen LogP contribution in [0.1, 0.15) is 0 Å². The Kier molecular flexibility index (Phi) is 17.4. The van der Waals surface area contributed by atoms with Crippen molar-refractivity contribution in [3.8, 4) is 0 Å². The molecular weight excluding hydrogens is 360 g/mol. The molecule has 7 heteroatoms. The van der Waals surface area contributed by atoms with Crippen molar-refractivity contribution in [3.63, 3.8) is 0 Å². The number of thioether (sulfide) groups is 1. The van der Waals surface area contributed by atoms with Crippen molar-refractivity contribution < 1.29 is 64.6 Å². The van der Waals surface area contributed by atoms with Gasteiger partial charge in [-0.1, -0.05) is 0 Å². The first kappa shape index (κ1) is 17.8. The van der Waals surface area contributed by atoms with Gasteiger partial charge in [-0.2, -0.15) is 0 Å². The predicted molar refractivity (Wildman–Crippen MR) is 32.6 cm³/mol. The van der Waals surface area contributed by atoms with Crippen molar-refractivity contribution in [1.29, 1.82) is 0 Å². The molecule has 0 atom stereocenters. The summed E-state index contributed by atoms with van der Waals surface area (Å²) in [6, 6.07) is 0. The van der Waals surface area contributed by atoms with Crippen molar-refractivity contribution in [2.45, 2.75) is 0 Å². The van der Waals surface area contributed by atoms with E-state index in [2.05, 4.69) is 0 Å². The second kappa shape index (κ2) is 10.8. The Balaban J connectivity index is -0.000000320. The first-order chi connectivity index (χ1) is 4.13. The topological polar surface area (TPSA) is 74.6 Å². The summed E-state index contributed by atoms with van der Waals surface area (Å²) >= 11 is 0.870. The van der Waals surface area contributed by atoms with E-state index < -0.39 is 11.9 Å². The summed E-state index contributed by atoms with van der Waals surface area (Å²) in [5.74, 6) is -2.26. The Bertz CT molecular complexity index is 115. The molecule has 0 aliphatic rings. The summed E-state index contributed by atoms with van der Waals surface area (Å²) in [7, 11) is 0. The SMILES string of the molecule is O=C(O)CSCC(=O)O.[Ag].[Ag]. The van der Waals surface area contributed by atoms with Crippen LogP contribution in [0.15, 0.2) is 0 Å². The molecule has 0 aromatic carbocycles. The third kappa shape index (κ3) is 18.1. The molecule has 0 amide bonds. The van der Waals surface area contributed by atoms with E-state index in [1.807, 2.05) is 0 Å². The van der Waals surface area contributed by atoms with Gasteiger partial charge < -0.3 is 10.2 Å². The molecular formula is C4H6Ag2O4S. The van der Waals surface area contributed by atoms with Gasteiger partial charge in [0, 0.05) is 44.8 Å². The summed E-state index contributed by atoms with van der Waals surface area (Å²) in [5, 5.41) is 16.0. The summed E-state index contributed by atoms with van der Waals surface area (Å²) in [6.45, 7) is 0. The van der Waals surface area contributed by atoms with Crippen molar-refractivity contribution >= 4 is 23.7 Å². The van der Waals surface area contributed by atoms with Gasteiger partial charge in [0.2, 0.25) is 0 Å². The zero-order valence-electron chi connectivity index (χ0n) is 5.14. The molecule has 74 valence electrons. The van der Waals surface area contributed by atoms with Crippen LogP contribution in [0.4, 0.5) is 0 Å². The fraction of sp³-hybridized carbons (Fsp3) is 0.500. The summed E-state index contributed by atoms with van der Waals surface area (Å²) in [6.07, 6.45) is 0. The zero-order chi connectivity index (χ0) is 7.28. The van der Waals surface area contributed by atoms with E-state index >= 15 is 0 Å². The molecule has 0 fully saturated rings. The number of hydrogen-bond acceptors (Lipinski definition) is 3. The maximum Gasteiger partial charge on any atom is 0.313 e. The van der Waals surface area contributed by atoms with Crippen LogP contribution in [0.25, 0.3) is 0 Å². The minimum atomic E-state index is -0.985. The number of carbonyl (C=O) groups is 2. The van der Waals surface area contributed by atoms with E-state index in [1.165, 1.54) is 0 Å².